The Kier molecular flexibility index (Phi) is 5.69. The van der Waals surface area contributed by atoms with Gasteiger partial charge in [0.2, 0.25) is 0 Å². The number of hydrogen-bond acceptors (Lipinski definition) is 4. The van der Waals surface area contributed by atoms with Gasteiger partial charge in [0.05, 0.1) is 12.6 Å². The molecule has 1 aliphatic heterocycles. The van der Waals surface area contributed by atoms with Crippen molar-refractivity contribution in [3.05, 3.63) is 71.1 Å². The summed E-state index contributed by atoms with van der Waals surface area (Å²) in [4.78, 5) is 2.80. The first-order chi connectivity index (χ1) is 12.9. The Morgan fingerprint density at radius 1 is 1.07 bits per heavy atom. The molecule has 1 saturated heterocycles. The number of aliphatic hydroxyl groups excluding tert-OH is 1. The molecule has 3 rings (SSSR count). The highest BCUT2D eigenvalue weighted by atomic mass is 28.4. The third-order valence-electron chi connectivity index (χ3n) is 5.01. The molecule has 7 heteroatoms. The molecule has 3 atom stereocenters. The average molecular weight is 384 g/mol. The zero-order valence-electron chi connectivity index (χ0n) is 15.8. The van der Waals surface area contributed by atoms with E-state index in [1.165, 1.54) is 0 Å². The van der Waals surface area contributed by atoms with Crippen LogP contribution in [0.25, 0.3) is 10.4 Å². The van der Waals surface area contributed by atoms with Gasteiger partial charge < -0.3 is 14.3 Å². The molecule has 2 aromatic carbocycles. The largest absolute Gasteiger partial charge is 0.387 e. The van der Waals surface area contributed by atoms with Crippen LogP contribution in [0.4, 0.5) is 0 Å². The quantitative estimate of drug-likeness (QED) is 0.373. The summed E-state index contributed by atoms with van der Waals surface area (Å²) in [5.74, 6) is 0. The number of benzene rings is 2. The Morgan fingerprint density at radius 3 is 2.04 bits per heavy atom. The summed E-state index contributed by atoms with van der Waals surface area (Å²) in [7, 11) is -2.83. The van der Waals surface area contributed by atoms with E-state index in [2.05, 4.69) is 55.1 Å². The van der Waals surface area contributed by atoms with Gasteiger partial charge in [0.25, 0.3) is 8.32 Å². The van der Waals surface area contributed by atoms with Crippen molar-refractivity contribution in [3.63, 3.8) is 0 Å². The lowest BCUT2D eigenvalue weighted by Crippen LogP contribution is -2.68. The van der Waals surface area contributed by atoms with Crippen LogP contribution in [-0.2, 0) is 9.16 Å². The Morgan fingerprint density at radius 2 is 1.59 bits per heavy atom. The van der Waals surface area contributed by atoms with Crippen LogP contribution in [-0.4, -0.2) is 38.5 Å². The molecular formula is C20H25N3O3Si. The van der Waals surface area contributed by atoms with Gasteiger partial charge in [-0.15, -0.1) is 0 Å². The van der Waals surface area contributed by atoms with Crippen LogP contribution < -0.4 is 10.4 Å². The molecule has 0 aromatic heterocycles. The number of ether oxygens (including phenoxy) is 1. The molecule has 1 aliphatic rings. The number of rotatable bonds is 5. The van der Waals surface area contributed by atoms with E-state index in [9.17, 15) is 5.11 Å². The van der Waals surface area contributed by atoms with Crippen LogP contribution in [0.2, 0.25) is 5.04 Å². The van der Waals surface area contributed by atoms with Gasteiger partial charge in [0.1, 0.15) is 6.10 Å². The van der Waals surface area contributed by atoms with Gasteiger partial charge in [-0.2, -0.15) is 0 Å². The maximum atomic E-state index is 10.6. The molecule has 0 radical (unpaired) electrons. The van der Waals surface area contributed by atoms with E-state index in [1.807, 2.05) is 36.4 Å². The van der Waals surface area contributed by atoms with Crippen molar-refractivity contribution in [2.24, 2.45) is 5.11 Å². The van der Waals surface area contributed by atoms with E-state index in [1.54, 1.807) is 0 Å². The molecule has 0 saturated carbocycles. The lowest BCUT2D eigenvalue weighted by atomic mass is 10.2. The monoisotopic (exact) mass is 383 g/mol. The molecule has 1 unspecified atom stereocenters. The maximum Gasteiger partial charge on any atom is 0.264 e. The van der Waals surface area contributed by atoms with Crippen molar-refractivity contribution in [2.75, 3.05) is 6.61 Å². The fraction of sp³-hybridized carbons (Fsp3) is 0.400. The highest BCUT2D eigenvalue weighted by Gasteiger charge is 2.53. The second kappa shape index (κ2) is 7.84. The molecule has 142 valence electrons. The molecular weight excluding hydrogens is 358 g/mol. The molecule has 0 aliphatic carbocycles. The fourth-order valence-electron chi connectivity index (χ4n) is 3.71. The van der Waals surface area contributed by atoms with Gasteiger partial charge >= 0.3 is 0 Å². The van der Waals surface area contributed by atoms with Gasteiger partial charge in [0, 0.05) is 4.91 Å². The summed E-state index contributed by atoms with van der Waals surface area (Å²) in [5.41, 5.74) is 8.71. The highest BCUT2D eigenvalue weighted by Crippen LogP contribution is 2.38. The first-order valence-corrected chi connectivity index (χ1v) is 10.9. The first kappa shape index (κ1) is 19.6. The lowest BCUT2D eigenvalue weighted by molar-refractivity contribution is -0.0957. The smallest absolute Gasteiger partial charge is 0.264 e. The Balaban J connectivity index is 2.12. The maximum absolute atomic E-state index is 10.6. The summed E-state index contributed by atoms with van der Waals surface area (Å²) in [5, 5.41) is 16.2. The van der Waals surface area contributed by atoms with E-state index >= 15 is 0 Å². The third kappa shape index (κ3) is 3.65. The van der Waals surface area contributed by atoms with Crippen LogP contribution in [0.3, 0.4) is 0 Å². The predicted molar refractivity (Wildman–Crippen MR) is 107 cm³/mol. The lowest BCUT2D eigenvalue weighted by Gasteiger charge is -2.44. The highest BCUT2D eigenvalue weighted by molar-refractivity contribution is 6.99. The third-order valence-corrected chi connectivity index (χ3v) is 10.0. The van der Waals surface area contributed by atoms with Crippen LogP contribution in [0, 0.1) is 0 Å². The zero-order chi connectivity index (χ0) is 19.5. The van der Waals surface area contributed by atoms with Crippen molar-refractivity contribution < 1.29 is 14.3 Å². The topological polar surface area (TPSA) is 87.5 Å². The summed E-state index contributed by atoms with van der Waals surface area (Å²) >= 11 is 0. The van der Waals surface area contributed by atoms with Gasteiger partial charge in [-0.25, -0.2) is 0 Å². The number of aliphatic hydroxyl groups is 1. The van der Waals surface area contributed by atoms with Crippen molar-refractivity contribution >= 4 is 18.7 Å². The molecule has 0 spiro atoms. The SMILES string of the molecule is CC(C)(C)[Si](OC1OC[C@@H](N=[N+]=[N-])[C@@H]1O)(c1ccccc1)c1ccccc1. The summed E-state index contributed by atoms with van der Waals surface area (Å²) in [6.07, 6.45) is -1.84. The normalized spacial score (nSPS) is 23.0. The van der Waals surface area contributed by atoms with Gasteiger partial charge in [-0.1, -0.05) is 86.5 Å². The number of hydrogen-bond donors (Lipinski definition) is 1. The van der Waals surface area contributed by atoms with Gasteiger partial charge in [-0.05, 0) is 20.9 Å². The van der Waals surface area contributed by atoms with E-state index in [0.717, 1.165) is 10.4 Å². The predicted octanol–water partition coefficient (Wildman–Crippen LogP) is 2.96. The second-order valence-corrected chi connectivity index (χ2v) is 12.0. The minimum absolute atomic E-state index is 0.147. The molecule has 1 fully saturated rings. The van der Waals surface area contributed by atoms with E-state index < -0.39 is 26.8 Å². The Hall–Kier alpha value is -2.15. The molecule has 6 nitrogen and oxygen atoms in total. The summed E-state index contributed by atoms with van der Waals surface area (Å²) in [6, 6.07) is 19.7. The van der Waals surface area contributed by atoms with E-state index in [-0.39, 0.29) is 11.6 Å². The van der Waals surface area contributed by atoms with Crippen molar-refractivity contribution in [1.82, 2.24) is 0 Å². The molecule has 27 heavy (non-hydrogen) atoms. The minimum Gasteiger partial charge on any atom is -0.387 e. The molecule has 1 N–H and O–H groups in total. The molecule has 0 amide bonds. The second-order valence-electron chi connectivity index (χ2n) is 7.75. The first-order valence-electron chi connectivity index (χ1n) is 9.03. The van der Waals surface area contributed by atoms with Crippen molar-refractivity contribution in [2.45, 2.75) is 44.2 Å². The number of nitrogens with zero attached hydrogens (tertiary/aromatic N) is 3. The number of azide groups is 1. The average Bonchev–Trinajstić information content (AvgIpc) is 3.00. The molecule has 1 heterocycles. The summed E-state index contributed by atoms with van der Waals surface area (Å²) in [6.45, 7) is 6.62. The van der Waals surface area contributed by atoms with Crippen LogP contribution in [0.1, 0.15) is 20.8 Å². The molecule has 2 aromatic rings. The van der Waals surface area contributed by atoms with E-state index in [0.29, 0.717) is 0 Å². The van der Waals surface area contributed by atoms with Crippen LogP contribution in [0.5, 0.6) is 0 Å². The van der Waals surface area contributed by atoms with Crippen LogP contribution in [0.15, 0.2) is 65.8 Å². The molecule has 0 bridgehead atoms. The van der Waals surface area contributed by atoms with Gasteiger partial charge in [-0.3, -0.25) is 0 Å². The fourth-order valence-corrected chi connectivity index (χ4v) is 8.28. The van der Waals surface area contributed by atoms with Crippen LogP contribution >= 0.6 is 0 Å². The van der Waals surface area contributed by atoms with Gasteiger partial charge in [0.15, 0.2) is 6.29 Å². The van der Waals surface area contributed by atoms with Crippen molar-refractivity contribution in [3.8, 4) is 0 Å². The standard InChI is InChI=1S/C20H25N3O3Si/c1-20(2,3)27(15-10-6-4-7-11-15,16-12-8-5-9-13-16)26-19-18(24)17(14-25-19)22-23-21/h4-13,17-19,24H,14H2,1-3H3/t17-,18+,19?/m1/s1. The Bertz CT molecular complexity index is 765. The van der Waals surface area contributed by atoms with Crippen molar-refractivity contribution in [1.29, 1.82) is 0 Å². The zero-order valence-corrected chi connectivity index (χ0v) is 16.8. The Labute approximate surface area is 160 Å². The summed E-state index contributed by atoms with van der Waals surface area (Å²) < 4.78 is 12.4. The minimum atomic E-state index is -2.83. The van der Waals surface area contributed by atoms with E-state index in [4.69, 9.17) is 14.7 Å².